The van der Waals surface area contributed by atoms with Gasteiger partial charge in [-0.15, -0.1) is 0 Å². The molecule has 3 rings (SSSR count). The molecule has 0 saturated carbocycles. The Balaban J connectivity index is 2.14. The van der Waals surface area contributed by atoms with Crippen LogP contribution in [0.25, 0.3) is 0 Å². The fraction of sp³-hybridized carbons (Fsp3) is 0.200. The topological polar surface area (TPSA) is 88.5 Å². The van der Waals surface area contributed by atoms with Crippen molar-refractivity contribution < 1.29 is 4.79 Å². The van der Waals surface area contributed by atoms with E-state index >= 15 is 0 Å². The molecular weight excluding hydrogens is 266 g/mol. The van der Waals surface area contributed by atoms with Crippen LogP contribution in [-0.2, 0) is 0 Å². The number of carbonyl (C=O) groups is 1. The van der Waals surface area contributed by atoms with E-state index in [0.717, 1.165) is 24.5 Å². The van der Waals surface area contributed by atoms with Crippen LogP contribution in [-0.4, -0.2) is 31.0 Å². The van der Waals surface area contributed by atoms with Gasteiger partial charge in [-0.25, -0.2) is 4.98 Å². The molecule has 6 heteroatoms. The van der Waals surface area contributed by atoms with Crippen LogP contribution < -0.4 is 21.3 Å². The van der Waals surface area contributed by atoms with Crippen molar-refractivity contribution in [3.63, 3.8) is 0 Å². The molecule has 0 spiro atoms. The van der Waals surface area contributed by atoms with Crippen molar-refractivity contribution >= 4 is 28.8 Å². The predicted molar refractivity (Wildman–Crippen MR) is 83.9 cm³/mol. The Bertz CT molecular complexity index is 700. The second-order valence-electron chi connectivity index (χ2n) is 5.07. The molecule has 0 radical (unpaired) electrons. The average molecular weight is 283 g/mol. The summed E-state index contributed by atoms with van der Waals surface area (Å²) in [6.07, 6.45) is 1.54. The fourth-order valence-electron chi connectivity index (χ4n) is 2.60. The van der Waals surface area contributed by atoms with Gasteiger partial charge in [0.05, 0.1) is 28.8 Å². The minimum absolute atomic E-state index is 0.342. The lowest BCUT2D eigenvalue weighted by Crippen LogP contribution is -2.37. The number of hydrogen-bond donors (Lipinski definition) is 2. The van der Waals surface area contributed by atoms with E-state index in [0.29, 0.717) is 17.1 Å². The van der Waals surface area contributed by atoms with Gasteiger partial charge in [-0.05, 0) is 18.2 Å². The third kappa shape index (κ3) is 2.24. The summed E-state index contributed by atoms with van der Waals surface area (Å²) in [5, 5.41) is 0. The van der Waals surface area contributed by atoms with Gasteiger partial charge in [0.1, 0.15) is 5.82 Å². The lowest BCUT2D eigenvalue weighted by Gasteiger charge is -2.36. The highest BCUT2D eigenvalue weighted by Crippen LogP contribution is 2.37. The molecule has 108 valence electrons. The first-order valence-corrected chi connectivity index (χ1v) is 6.71. The molecule has 2 heterocycles. The van der Waals surface area contributed by atoms with Crippen molar-refractivity contribution in [3.8, 4) is 0 Å². The Morgan fingerprint density at radius 3 is 2.67 bits per heavy atom. The number of carbonyl (C=O) groups excluding carboxylic acids is 1. The zero-order chi connectivity index (χ0) is 15.0. The number of nitrogen functional groups attached to an aromatic ring is 1. The molecule has 1 aromatic heterocycles. The van der Waals surface area contributed by atoms with Crippen LogP contribution in [0.3, 0.4) is 0 Å². The minimum atomic E-state index is -0.527. The Kier molecular flexibility index (Phi) is 3.13. The van der Waals surface area contributed by atoms with Crippen LogP contribution in [0.1, 0.15) is 10.4 Å². The third-order valence-electron chi connectivity index (χ3n) is 3.65. The lowest BCUT2D eigenvalue weighted by molar-refractivity contribution is 0.100. The zero-order valence-electron chi connectivity index (χ0n) is 11.8. The summed E-state index contributed by atoms with van der Waals surface area (Å²) >= 11 is 0. The number of rotatable bonds is 2. The molecule has 0 saturated heterocycles. The Morgan fingerprint density at radius 2 is 1.95 bits per heavy atom. The molecule has 6 nitrogen and oxygen atoms in total. The van der Waals surface area contributed by atoms with Crippen molar-refractivity contribution in [2.24, 2.45) is 5.73 Å². The van der Waals surface area contributed by atoms with Crippen LogP contribution in [0, 0.1) is 0 Å². The number of aromatic nitrogens is 1. The summed E-state index contributed by atoms with van der Waals surface area (Å²) in [5.41, 5.74) is 14.0. The van der Waals surface area contributed by atoms with E-state index in [2.05, 4.69) is 9.88 Å². The second-order valence-corrected chi connectivity index (χ2v) is 5.07. The largest absolute Gasteiger partial charge is 0.397 e. The smallest absolute Gasteiger partial charge is 0.252 e. The number of primary amides is 1. The molecule has 0 bridgehead atoms. The molecule has 0 fully saturated rings. The molecule has 21 heavy (non-hydrogen) atoms. The van der Waals surface area contributed by atoms with Crippen LogP contribution >= 0.6 is 0 Å². The first-order valence-electron chi connectivity index (χ1n) is 6.71. The molecular formula is C15H17N5O. The Hall–Kier alpha value is -2.76. The second kappa shape index (κ2) is 4.97. The normalized spacial score (nSPS) is 14.0. The van der Waals surface area contributed by atoms with Crippen LogP contribution in [0.15, 0.2) is 36.5 Å². The van der Waals surface area contributed by atoms with Gasteiger partial charge in [0, 0.05) is 20.1 Å². The Labute approximate surface area is 123 Å². The number of amides is 1. The van der Waals surface area contributed by atoms with Gasteiger partial charge in [0.2, 0.25) is 0 Å². The van der Waals surface area contributed by atoms with E-state index < -0.39 is 5.91 Å². The summed E-state index contributed by atoms with van der Waals surface area (Å²) < 4.78 is 0. The standard InChI is InChI=1S/C15H17N5O/c1-19-6-7-20(13-5-3-2-4-12(13)19)15-11(14(17)21)8-10(16)9-18-15/h2-5,8-9H,6-7,16H2,1H3,(H2,17,21). The van der Waals surface area contributed by atoms with Crippen LogP contribution in [0.5, 0.6) is 0 Å². The molecule has 1 aromatic carbocycles. The number of para-hydroxylation sites is 2. The number of likely N-dealkylation sites (N-methyl/N-ethyl adjacent to an activating group) is 1. The lowest BCUT2D eigenvalue weighted by atomic mass is 10.1. The number of anilines is 4. The molecule has 1 amide bonds. The number of pyridine rings is 1. The van der Waals surface area contributed by atoms with Gasteiger partial charge >= 0.3 is 0 Å². The van der Waals surface area contributed by atoms with Crippen molar-refractivity contribution in [1.82, 2.24) is 4.98 Å². The van der Waals surface area contributed by atoms with Crippen molar-refractivity contribution in [3.05, 3.63) is 42.1 Å². The summed E-state index contributed by atoms with van der Waals surface area (Å²) in [6.45, 7) is 1.56. The van der Waals surface area contributed by atoms with E-state index in [1.807, 2.05) is 36.2 Å². The summed E-state index contributed by atoms with van der Waals surface area (Å²) in [6, 6.07) is 9.58. The highest BCUT2D eigenvalue weighted by molar-refractivity contribution is 6.00. The SMILES string of the molecule is CN1CCN(c2ncc(N)cc2C(N)=O)c2ccccc21. The minimum Gasteiger partial charge on any atom is -0.397 e. The quantitative estimate of drug-likeness (QED) is 0.868. The number of fused-ring (bicyclic) bond motifs is 1. The maximum absolute atomic E-state index is 11.7. The maximum Gasteiger partial charge on any atom is 0.252 e. The average Bonchev–Trinajstić information content (AvgIpc) is 2.48. The molecule has 0 aliphatic carbocycles. The number of nitrogens with two attached hydrogens (primary N) is 2. The summed E-state index contributed by atoms with van der Waals surface area (Å²) in [4.78, 5) is 20.2. The highest BCUT2D eigenvalue weighted by Gasteiger charge is 2.25. The molecule has 0 atom stereocenters. The number of nitrogens with zero attached hydrogens (tertiary/aromatic N) is 3. The van der Waals surface area contributed by atoms with E-state index in [-0.39, 0.29) is 0 Å². The van der Waals surface area contributed by atoms with Crippen LogP contribution in [0.4, 0.5) is 22.9 Å². The van der Waals surface area contributed by atoms with Gasteiger partial charge < -0.3 is 21.3 Å². The maximum atomic E-state index is 11.7. The predicted octanol–water partition coefficient (Wildman–Crippen LogP) is 1.35. The third-order valence-corrected chi connectivity index (χ3v) is 3.65. The van der Waals surface area contributed by atoms with Crippen molar-refractivity contribution in [2.45, 2.75) is 0 Å². The molecule has 1 aliphatic heterocycles. The van der Waals surface area contributed by atoms with E-state index in [1.54, 1.807) is 12.3 Å². The monoisotopic (exact) mass is 283 g/mol. The molecule has 4 N–H and O–H groups in total. The van der Waals surface area contributed by atoms with E-state index in [9.17, 15) is 4.79 Å². The van der Waals surface area contributed by atoms with Crippen LogP contribution in [0.2, 0.25) is 0 Å². The van der Waals surface area contributed by atoms with Gasteiger partial charge in [-0.3, -0.25) is 4.79 Å². The number of hydrogen-bond acceptors (Lipinski definition) is 5. The molecule has 2 aromatic rings. The molecule has 0 unspecified atom stereocenters. The fourth-order valence-corrected chi connectivity index (χ4v) is 2.60. The van der Waals surface area contributed by atoms with Crippen molar-refractivity contribution in [2.75, 3.05) is 35.7 Å². The first-order chi connectivity index (χ1) is 10.1. The summed E-state index contributed by atoms with van der Waals surface area (Å²) in [7, 11) is 2.04. The molecule has 1 aliphatic rings. The summed E-state index contributed by atoms with van der Waals surface area (Å²) in [5.74, 6) is 0.0264. The van der Waals surface area contributed by atoms with E-state index in [1.165, 1.54) is 0 Å². The van der Waals surface area contributed by atoms with Gasteiger partial charge in [0.25, 0.3) is 5.91 Å². The Morgan fingerprint density at radius 1 is 1.24 bits per heavy atom. The highest BCUT2D eigenvalue weighted by atomic mass is 16.1. The number of benzene rings is 1. The van der Waals surface area contributed by atoms with Gasteiger partial charge in [0.15, 0.2) is 0 Å². The van der Waals surface area contributed by atoms with Gasteiger partial charge in [-0.1, -0.05) is 12.1 Å². The first kappa shape index (κ1) is 13.2. The van der Waals surface area contributed by atoms with Gasteiger partial charge in [-0.2, -0.15) is 0 Å². The van der Waals surface area contributed by atoms with Crippen molar-refractivity contribution in [1.29, 1.82) is 0 Å². The van der Waals surface area contributed by atoms with E-state index in [4.69, 9.17) is 11.5 Å². The zero-order valence-corrected chi connectivity index (χ0v) is 11.8.